The Morgan fingerprint density at radius 1 is 0.696 bits per heavy atom. The second-order valence-electron chi connectivity index (χ2n) is 6.90. The average molecular weight is 347 g/mol. The zero-order valence-electron chi connectivity index (χ0n) is 13.4. The molecule has 0 aromatic carbocycles. The maximum Gasteiger partial charge on any atom is 0.372 e. The molecule has 2 aliphatic carbocycles. The molecule has 2 rings (SSSR count). The Morgan fingerprint density at radius 3 is 1.26 bits per heavy atom. The predicted molar refractivity (Wildman–Crippen MR) is 88.0 cm³/mol. The van der Waals surface area contributed by atoms with Crippen molar-refractivity contribution in [3.05, 3.63) is 0 Å². The highest BCUT2D eigenvalue weighted by Gasteiger charge is 2.66. The quantitative estimate of drug-likeness (QED) is 0.549. The number of aliphatic carboxylic acids is 2. The van der Waals surface area contributed by atoms with E-state index < -0.39 is 30.9 Å². The lowest BCUT2D eigenvalue weighted by molar-refractivity contribution is -0.143. The molecule has 0 bridgehead atoms. The van der Waals surface area contributed by atoms with Crippen LogP contribution in [0.1, 0.15) is 64.2 Å². The van der Waals surface area contributed by atoms with Crippen molar-refractivity contribution in [2.45, 2.75) is 87.2 Å². The van der Waals surface area contributed by atoms with Crippen LogP contribution in [0.2, 0.25) is 0 Å². The van der Waals surface area contributed by atoms with Crippen molar-refractivity contribution < 1.29 is 30.0 Å². The number of carboxylic acid groups (broad SMARTS) is 2. The molecule has 0 heterocycles. The summed E-state index contributed by atoms with van der Waals surface area (Å²) in [5, 5.41) is 40.1. The molecule has 4 N–H and O–H groups in total. The van der Waals surface area contributed by atoms with E-state index in [9.17, 15) is 30.0 Å². The Labute approximate surface area is 137 Å². The van der Waals surface area contributed by atoms with Crippen molar-refractivity contribution >= 4 is 19.2 Å². The van der Waals surface area contributed by atoms with Gasteiger partial charge in [-0.05, 0) is 51.4 Å². The van der Waals surface area contributed by atoms with Gasteiger partial charge < -0.3 is 20.4 Å². The minimum absolute atomic E-state index is 0.156. The smallest absolute Gasteiger partial charge is 0.372 e. The van der Waals surface area contributed by atoms with Gasteiger partial charge in [-0.1, -0.05) is 12.8 Å². The van der Waals surface area contributed by atoms with Crippen LogP contribution < -0.4 is 0 Å². The van der Waals surface area contributed by atoms with Crippen molar-refractivity contribution in [2.75, 3.05) is 0 Å². The van der Waals surface area contributed by atoms with Gasteiger partial charge in [0, 0.05) is 0 Å². The van der Waals surface area contributed by atoms with Gasteiger partial charge in [0.1, 0.15) is 7.26 Å². The van der Waals surface area contributed by atoms with Gasteiger partial charge in [-0.3, -0.25) is 0 Å². The predicted octanol–water partition coefficient (Wildman–Crippen LogP) is 2.48. The summed E-state index contributed by atoms with van der Waals surface area (Å²) in [5.74, 6) is -6.23. The standard InChI is InChI=1S/C16H27O6P/c17-13(18)15(21)23(16(22)14(19)20,11-7-3-1-4-8-11)12-9-5-2-6-10-12/h11-12,15-16,21-22H,1-10H2,(H-,17,18,19,20)/p+1. The highest BCUT2D eigenvalue weighted by Crippen LogP contribution is 2.77. The first-order chi connectivity index (χ1) is 10.9. The van der Waals surface area contributed by atoms with E-state index >= 15 is 0 Å². The fraction of sp³-hybridized carbons (Fsp3) is 0.875. The second-order valence-corrected chi connectivity index (χ2v) is 11.1. The summed E-state index contributed by atoms with van der Waals surface area (Å²) in [4.78, 5) is 23.3. The van der Waals surface area contributed by atoms with Gasteiger partial charge in [-0.2, -0.15) is 0 Å². The SMILES string of the molecule is O=C(O)C(O)[P+](C1CCCCC1)(C1CCCCC1)C(O)C(=O)O. The maximum atomic E-state index is 11.6. The van der Waals surface area contributed by atoms with Gasteiger partial charge in [0.25, 0.3) is 11.7 Å². The van der Waals surface area contributed by atoms with E-state index in [1.54, 1.807) is 0 Å². The molecule has 2 atom stereocenters. The minimum Gasteiger partial charge on any atom is -0.476 e. The third kappa shape index (κ3) is 3.54. The van der Waals surface area contributed by atoms with Crippen molar-refractivity contribution in [1.82, 2.24) is 0 Å². The molecule has 2 fully saturated rings. The van der Waals surface area contributed by atoms with Gasteiger partial charge in [-0.25, -0.2) is 9.59 Å². The summed E-state index contributed by atoms with van der Waals surface area (Å²) in [5.41, 5.74) is -0.312. The minimum atomic E-state index is -3.03. The normalized spacial score (nSPS) is 24.1. The van der Waals surface area contributed by atoms with E-state index in [-0.39, 0.29) is 11.3 Å². The molecule has 0 aromatic rings. The lowest BCUT2D eigenvalue weighted by Gasteiger charge is -2.45. The highest BCUT2D eigenvalue weighted by molar-refractivity contribution is 7.79. The molecule has 132 valence electrons. The summed E-state index contributed by atoms with van der Waals surface area (Å²) in [6.45, 7) is 0. The topological polar surface area (TPSA) is 115 Å². The highest BCUT2D eigenvalue weighted by atomic mass is 31.2. The Kier molecular flexibility index (Phi) is 6.40. The third-order valence-electron chi connectivity index (χ3n) is 5.70. The molecular weight excluding hydrogens is 319 g/mol. The zero-order chi connectivity index (χ0) is 17.0. The molecule has 23 heavy (non-hydrogen) atoms. The molecule has 0 saturated heterocycles. The Balaban J connectivity index is 2.50. The van der Waals surface area contributed by atoms with Crippen LogP contribution in [0.5, 0.6) is 0 Å². The molecule has 0 aliphatic heterocycles. The Bertz CT molecular complexity index is 388. The van der Waals surface area contributed by atoms with E-state index in [0.29, 0.717) is 0 Å². The van der Waals surface area contributed by atoms with E-state index in [2.05, 4.69) is 0 Å². The van der Waals surface area contributed by atoms with Gasteiger partial charge in [0.15, 0.2) is 0 Å². The zero-order valence-corrected chi connectivity index (χ0v) is 14.3. The molecular formula is C16H28O6P+. The molecule has 2 unspecified atom stereocenters. The molecule has 2 saturated carbocycles. The maximum absolute atomic E-state index is 11.6. The fourth-order valence-corrected chi connectivity index (χ4v) is 10.4. The van der Waals surface area contributed by atoms with Crippen LogP contribution in [-0.4, -0.2) is 55.4 Å². The van der Waals surface area contributed by atoms with E-state index in [1.165, 1.54) is 0 Å². The number of rotatable bonds is 6. The van der Waals surface area contributed by atoms with Crippen LogP contribution >= 0.6 is 7.26 Å². The first-order valence-electron chi connectivity index (χ1n) is 8.61. The van der Waals surface area contributed by atoms with Crippen molar-refractivity contribution in [2.24, 2.45) is 0 Å². The Morgan fingerprint density at radius 2 is 1.00 bits per heavy atom. The van der Waals surface area contributed by atoms with Gasteiger partial charge >= 0.3 is 11.9 Å². The lowest BCUT2D eigenvalue weighted by Crippen LogP contribution is -2.46. The first-order valence-corrected chi connectivity index (χ1v) is 10.7. The van der Waals surface area contributed by atoms with Crippen LogP contribution in [0.25, 0.3) is 0 Å². The molecule has 0 spiro atoms. The molecule has 0 aromatic heterocycles. The lowest BCUT2D eigenvalue weighted by atomic mass is 9.99. The average Bonchev–Trinajstić information content (AvgIpc) is 2.57. The third-order valence-corrected chi connectivity index (χ3v) is 11.4. The summed E-state index contributed by atoms with van der Waals surface area (Å²) >= 11 is 0. The van der Waals surface area contributed by atoms with Gasteiger partial charge in [-0.15, -0.1) is 0 Å². The molecule has 6 nitrogen and oxygen atoms in total. The number of hydrogen-bond donors (Lipinski definition) is 4. The molecule has 0 radical (unpaired) electrons. The number of hydrogen-bond acceptors (Lipinski definition) is 4. The van der Waals surface area contributed by atoms with E-state index in [0.717, 1.165) is 64.2 Å². The molecule has 0 amide bonds. The number of carbonyl (C=O) groups is 2. The van der Waals surface area contributed by atoms with Gasteiger partial charge in [0.2, 0.25) is 0 Å². The summed E-state index contributed by atoms with van der Waals surface area (Å²) < 4.78 is 0. The van der Waals surface area contributed by atoms with Crippen molar-refractivity contribution in [1.29, 1.82) is 0 Å². The van der Waals surface area contributed by atoms with Crippen LogP contribution in [0.15, 0.2) is 0 Å². The van der Waals surface area contributed by atoms with Crippen LogP contribution in [-0.2, 0) is 9.59 Å². The fourth-order valence-electron chi connectivity index (χ4n) is 4.67. The number of carboxylic acids is 2. The van der Waals surface area contributed by atoms with Crippen molar-refractivity contribution in [3.8, 4) is 0 Å². The van der Waals surface area contributed by atoms with Crippen molar-refractivity contribution in [3.63, 3.8) is 0 Å². The summed E-state index contributed by atoms with van der Waals surface area (Å²) in [6.07, 6.45) is 8.64. The van der Waals surface area contributed by atoms with Gasteiger partial charge in [0.05, 0.1) is 11.3 Å². The van der Waals surface area contributed by atoms with E-state index in [4.69, 9.17) is 0 Å². The summed E-state index contributed by atoms with van der Waals surface area (Å²) in [6, 6.07) is 0. The van der Waals surface area contributed by atoms with Crippen LogP contribution in [0.4, 0.5) is 0 Å². The number of aliphatic hydroxyl groups is 2. The Hall–Kier alpha value is -0.710. The monoisotopic (exact) mass is 347 g/mol. The van der Waals surface area contributed by atoms with E-state index in [1.807, 2.05) is 0 Å². The molecule has 7 heteroatoms. The number of aliphatic hydroxyl groups excluding tert-OH is 2. The van der Waals surface area contributed by atoms with Crippen LogP contribution in [0.3, 0.4) is 0 Å². The first kappa shape index (κ1) is 18.6. The summed E-state index contributed by atoms with van der Waals surface area (Å²) in [7, 11) is -3.03. The largest absolute Gasteiger partial charge is 0.476 e. The molecule has 2 aliphatic rings. The second kappa shape index (κ2) is 7.91. The van der Waals surface area contributed by atoms with Crippen LogP contribution in [0, 0.1) is 0 Å².